The Morgan fingerprint density at radius 2 is 2.24 bits per heavy atom. The molecule has 0 aliphatic heterocycles. The molecule has 0 spiro atoms. The lowest BCUT2D eigenvalue weighted by atomic mass is 9.91. The van der Waals surface area contributed by atoms with Crippen molar-refractivity contribution in [2.45, 2.75) is 45.6 Å². The summed E-state index contributed by atoms with van der Waals surface area (Å²) >= 11 is 0. The summed E-state index contributed by atoms with van der Waals surface area (Å²) in [5.74, 6) is 0.209. The highest BCUT2D eigenvalue weighted by Crippen LogP contribution is 2.16. The lowest BCUT2D eigenvalue weighted by molar-refractivity contribution is -0.124. The van der Waals surface area contributed by atoms with Crippen molar-refractivity contribution < 1.29 is 4.79 Å². The zero-order valence-corrected chi connectivity index (χ0v) is 10.9. The second kappa shape index (κ2) is 7.92. The molecule has 0 aromatic heterocycles. The van der Waals surface area contributed by atoms with Crippen LogP contribution < -0.4 is 11.1 Å². The third-order valence-corrected chi connectivity index (χ3v) is 2.78. The second-order valence-corrected chi connectivity index (χ2v) is 4.86. The van der Waals surface area contributed by atoms with Crippen LogP contribution in [0.4, 0.5) is 0 Å². The predicted octanol–water partition coefficient (Wildman–Crippen LogP) is 1.96. The summed E-state index contributed by atoms with van der Waals surface area (Å²) in [6, 6.07) is 0. The smallest absolute Gasteiger partial charge is 0.237 e. The van der Waals surface area contributed by atoms with E-state index in [0.717, 1.165) is 12.8 Å². The number of amides is 1. The minimum Gasteiger partial charge on any atom is -0.368 e. The van der Waals surface area contributed by atoms with Crippen molar-refractivity contribution in [3.8, 4) is 0 Å². The van der Waals surface area contributed by atoms with E-state index in [1.165, 1.54) is 0 Å². The summed E-state index contributed by atoms with van der Waals surface area (Å²) in [5, 5.41) is 6.59. The van der Waals surface area contributed by atoms with E-state index in [-0.39, 0.29) is 5.91 Å². The van der Waals surface area contributed by atoms with E-state index < -0.39 is 5.54 Å². The molecule has 98 valence electrons. The van der Waals surface area contributed by atoms with Gasteiger partial charge in [-0.25, -0.2) is 0 Å². The predicted molar refractivity (Wildman–Crippen MR) is 68.3 cm³/mol. The maximum Gasteiger partial charge on any atom is 0.237 e. The van der Waals surface area contributed by atoms with Gasteiger partial charge < -0.3 is 11.1 Å². The van der Waals surface area contributed by atoms with Crippen molar-refractivity contribution in [1.29, 1.82) is 0 Å². The van der Waals surface area contributed by atoms with Crippen molar-refractivity contribution in [3.05, 3.63) is 10.4 Å². The Balaban J connectivity index is 4.12. The van der Waals surface area contributed by atoms with Gasteiger partial charge in [-0.1, -0.05) is 19.0 Å². The number of hydrogen-bond acceptors (Lipinski definition) is 3. The first-order chi connectivity index (χ1) is 7.92. The van der Waals surface area contributed by atoms with Crippen LogP contribution in [0, 0.1) is 5.92 Å². The lowest BCUT2D eigenvalue weighted by Gasteiger charge is -2.28. The van der Waals surface area contributed by atoms with Gasteiger partial charge >= 0.3 is 0 Å². The highest BCUT2D eigenvalue weighted by atomic mass is 16.1. The zero-order chi connectivity index (χ0) is 13.3. The molecule has 1 unspecified atom stereocenters. The molecule has 0 fully saturated rings. The molecule has 0 radical (unpaired) electrons. The molecule has 0 heterocycles. The van der Waals surface area contributed by atoms with Gasteiger partial charge in [-0.3, -0.25) is 4.79 Å². The van der Waals surface area contributed by atoms with E-state index in [1.54, 1.807) is 0 Å². The molecular weight excluding hydrogens is 218 g/mol. The maximum atomic E-state index is 11.4. The van der Waals surface area contributed by atoms with Crippen LogP contribution >= 0.6 is 0 Å². The van der Waals surface area contributed by atoms with Crippen molar-refractivity contribution in [3.63, 3.8) is 0 Å². The number of nitrogens with zero attached hydrogens (tertiary/aromatic N) is 3. The van der Waals surface area contributed by atoms with E-state index in [1.807, 2.05) is 6.92 Å². The van der Waals surface area contributed by atoms with Gasteiger partial charge in [-0.2, -0.15) is 0 Å². The van der Waals surface area contributed by atoms with Crippen LogP contribution in [0.15, 0.2) is 5.11 Å². The van der Waals surface area contributed by atoms with E-state index in [9.17, 15) is 4.79 Å². The molecule has 0 rings (SSSR count). The Hall–Kier alpha value is -1.26. The molecule has 1 amide bonds. The highest BCUT2D eigenvalue weighted by molar-refractivity contribution is 5.84. The summed E-state index contributed by atoms with van der Waals surface area (Å²) in [7, 11) is 0. The number of hydrogen-bond donors (Lipinski definition) is 2. The first kappa shape index (κ1) is 15.7. The number of nitrogens with one attached hydrogen (secondary N) is 1. The minimum absolute atomic E-state index is 0.332. The van der Waals surface area contributed by atoms with Crippen molar-refractivity contribution >= 4 is 5.91 Å². The van der Waals surface area contributed by atoms with Crippen LogP contribution in [0.3, 0.4) is 0 Å². The monoisotopic (exact) mass is 241 g/mol. The maximum absolute atomic E-state index is 11.4. The van der Waals surface area contributed by atoms with Crippen LogP contribution in [-0.2, 0) is 4.79 Å². The van der Waals surface area contributed by atoms with E-state index >= 15 is 0 Å². The standard InChI is InChI=1S/C11H23N5O/c1-9(2)5-6-11(3,10(12)17)14-7-4-8-15-16-13/h9,14H,4-8H2,1-3H3,(H2,12,17). The number of rotatable bonds is 9. The van der Waals surface area contributed by atoms with Gasteiger partial charge in [0, 0.05) is 11.5 Å². The topological polar surface area (TPSA) is 104 Å². The fraction of sp³-hybridized carbons (Fsp3) is 0.909. The first-order valence-corrected chi connectivity index (χ1v) is 5.98. The average Bonchev–Trinajstić information content (AvgIpc) is 2.26. The molecule has 0 saturated heterocycles. The van der Waals surface area contributed by atoms with Crippen LogP contribution in [0.5, 0.6) is 0 Å². The molecular formula is C11H23N5O. The molecule has 0 saturated carbocycles. The molecule has 3 N–H and O–H groups in total. The Kier molecular flexibility index (Phi) is 7.34. The summed E-state index contributed by atoms with van der Waals surface area (Å²) in [5.41, 5.74) is 12.9. The molecule has 6 heteroatoms. The normalized spacial score (nSPS) is 14.1. The third-order valence-electron chi connectivity index (χ3n) is 2.78. The molecule has 0 aromatic carbocycles. The summed E-state index contributed by atoms with van der Waals surface area (Å²) < 4.78 is 0. The molecule has 0 bridgehead atoms. The fourth-order valence-corrected chi connectivity index (χ4v) is 1.43. The minimum atomic E-state index is -0.666. The van der Waals surface area contributed by atoms with Crippen LogP contribution in [0.2, 0.25) is 0 Å². The van der Waals surface area contributed by atoms with Gasteiger partial charge in [0.05, 0.1) is 5.54 Å². The largest absolute Gasteiger partial charge is 0.368 e. The van der Waals surface area contributed by atoms with Gasteiger partial charge in [0.1, 0.15) is 0 Å². The van der Waals surface area contributed by atoms with Gasteiger partial charge in [-0.15, -0.1) is 0 Å². The van der Waals surface area contributed by atoms with Gasteiger partial charge in [0.2, 0.25) is 5.91 Å². The number of primary amides is 1. The summed E-state index contributed by atoms with van der Waals surface area (Å²) in [4.78, 5) is 14.1. The van der Waals surface area contributed by atoms with Crippen LogP contribution in [0.1, 0.15) is 40.0 Å². The summed E-state index contributed by atoms with van der Waals surface area (Å²) in [6.45, 7) is 7.11. The van der Waals surface area contributed by atoms with E-state index in [4.69, 9.17) is 11.3 Å². The van der Waals surface area contributed by atoms with Gasteiger partial charge in [-0.05, 0) is 44.2 Å². The summed E-state index contributed by atoms with van der Waals surface area (Å²) in [6.07, 6.45) is 2.37. The Morgan fingerprint density at radius 3 is 2.71 bits per heavy atom. The molecule has 6 nitrogen and oxygen atoms in total. The first-order valence-electron chi connectivity index (χ1n) is 5.98. The van der Waals surface area contributed by atoms with Crippen LogP contribution in [0.25, 0.3) is 10.4 Å². The fourth-order valence-electron chi connectivity index (χ4n) is 1.43. The van der Waals surface area contributed by atoms with Gasteiger partial charge in [0.25, 0.3) is 0 Å². The number of carbonyl (C=O) groups excluding carboxylic acids is 1. The number of azide groups is 1. The van der Waals surface area contributed by atoms with Crippen molar-refractivity contribution in [2.75, 3.05) is 13.1 Å². The quantitative estimate of drug-likeness (QED) is 0.279. The van der Waals surface area contributed by atoms with Crippen LogP contribution in [-0.4, -0.2) is 24.5 Å². The lowest BCUT2D eigenvalue weighted by Crippen LogP contribution is -2.53. The average molecular weight is 241 g/mol. The second-order valence-electron chi connectivity index (χ2n) is 4.86. The molecule has 0 aromatic rings. The van der Waals surface area contributed by atoms with Crippen molar-refractivity contribution in [1.82, 2.24) is 5.32 Å². The Bertz CT molecular complexity index is 286. The third kappa shape index (κ3) is 6.81. The van der Waals surface area contributed by atoms with Gasteiger partial charge in [0.15, 0.2) is 0 Å². The Labute approximate surface area is 103 Å². The molecule has 1 atom stereocenters. The van der Waals surface area contributed by atoms with E-state index in [0.29, 0.717) is 25.4 Å². The zero-order valence-electron chi connectivity index (χ0n) is 10.9. The Morgan fingerprint density at radius 1 is 1.59 bits per heavy atom. The van der Waals surface area contributed by atoms with E-state index in [2.05, 4.69) is 29.2 Å². The molecule has 0 aliphatic carbocycles. The number of carbonyl (C=O) groups is 1. The molecule has 0 aliphatic rings. The number of nitrogens with two attached hydrogens (primary N) is 1. The molecule has 17 heavy (non-hydrogen) atoms. The highest BCUT2D eigenvalue weighted by Gasteiger charge is 2.29. The SMILES string of the molecule is CC(C)CCC(C)(NCCCN=[N+]=[N-])C(N)=O. The van der Waals surface area contributed by atoms with Crippen molar-refractivity contribution in [2.24, 2.45) is 16.8 Å².